The van der Waals surface area contributed by atoms with Crippen molar-refractivity contribution in [3.8, 4) is 11.3 Å². The molecule has 152 valence electrons. The van der Waals surface area contributed by atoms with Crippen molar-refractivity contribution >= 4 is 29.2 Å². The summed E-state index contributed by atoms with van der Waals surface area (Å²) in [4.78, 5) is 13.5. The van der Waals surface area contributed by atoms with E-state index in [-0.39, 0.29) is 24.4 Å². The van der Waals surface area contributed by atoms with Gasteiger partial charge in [0.25, 0.3) is 5.91 Å². The molecule has 2 aliphatic rings. The van der Waals surface area contributed by atoms with Gasteiger partial charge in [0.05, 0.1) is 11.3 Å². The quantitative estimate of drug-likeness (QED) is 0.664. The molecule has 1 amide bonds. The molecule has 5 rings (SSSR count). The molecule has 2 aromatic carbocycles. The predicted molar refractivity (Wildman–Crippen MR) is 121 cm³/mol. The van der Waals surface area contributed by atoms with Gasteiger partial charge in [-0.05, 0) is 50.3 Å². The van der Waals surface area contributed by atoms with Crippen LogP contribution in [0.25, 0.3) is 22.2 Å². The number of nitrogens with zero attached hydrogens (tertiary/aromatic N) is 1. The lowest BCUT2D eigenvalue weighted by atomic mass is 9.98. The van der Waals surface area contributed by atoms with Crippen molar-refractivity contribution in [3.05, 3.63) is 59.7 Å². The number of amides is 1. The summed E-state index contributed by atoms with van der Waals surface area (Å²) in [6.07, 6.45) is 4.54. The van der Waals surface area contributed by atoms with Gasteiger partial charge in [-0.1, -0.05) is 42.0 Å². The highest BCUT2D eigenvalue weighted by atomic mass is 35.5. The maximum atomic E-state index is 13.5. The molecule has 2 aliphatic heterocycles. The van der Waals surface area contributed by atoms with E-state index in [0.29, 0.717) is 12.1 Å². The van der Waals surface area contributed by atoms with Crippen LogP contribution in [-0.2, 0) is 7.05 Å². The van der Waals surface area contributed by atoms with E-state index in [2.05, 4.69) is 59.5 Å². The summed E-state index contributed by atoms with van der Waals surface area (Å²) >= 11 is 0. The van der Waals surface area contributed by atoms with Crippen molar-refractivity contribution in [1.82, 2.24) is 15.2 Å². The Bertz CT molecular complexity index is 1030. The van der Waals surface area contributed by atoms with Gasteiger partial charge in [-0.2, -0.15) is 0 Å². The van der Waals surface area contributed by atoms with Crippen molar-refractivity contribution in [2.24, 2.45) is 7.05 Å². The minimum Gasteiger partial charge on any atom is -0.349 e. The van der Waals surface area contributed by atoms with Gasteiger partial charge < -0.3 is 15.2 Å². The Balaban J connectivity index is 0.00000205. The summed E-state index contributed by atoms with van der Waals surface area (Å²) < 4.78 is 2.16. The Labute approximate surface area is 178 Å². The largest absolute Gasteiger partial charge is 0.349 e. The van der Waals surface area contributed by atoms with Crippen LogP contribution in [0.15, 0.2) is 48.5 Å². The zero-order valence-corrected chi connectivity index (χ0v) is 17.8. The van der Waals surface area contributed by atoms with E-state index in [0.717, 1.165) is 40.6 Å². The van der Waals surface area contributed by atoms with Gasteiger partial charge in [0.2, 0.25) is 0 Å². The lowest BCUT2D eigenvalue weighted by molar-refractivity contribution is 0.0926. The molecule has 3 aromatic rings. The van der Waals surface area contributed by atoms with Crippen molar-refractivity contribution in [2.75, 3.05) is 0 Å². The first-order valence-corrected chi connectivity index (χ1v) is 10.3. The van der Waals surface area contributed by atoms with Gasteiger partial charge in [0.1, 0.15) is 0 Å². The average molecular weight is 410 g/mol. The van der Waals surface area contributed by atoms with Gasteiger partial charge in [0, 0.05) is 36.1 Å². The van der Waals surface area contributed by atoms with E-state index in [1.807, 2.05) is 18.2 Å². The van der Waals surface area contributed by atoms with Gasteiger partial charge in [-0.3, -0.25) is 4.79 Å². The Morgan fingerprint density at radius 2 is 1.76 bits per heavy atom. The highest BCUT2D eigenvalue weighted by molar-refractivity contribution is 6.13. The summed E-state index contributed by atoms with van der Waals surface area (Å²) in [5, 5.41) is 8.07. The average Bonchev–Trinajstić information content (AvgIpc) is 3.18. The normalized spacial score (nSPS) is 23.0. The highest BCUT2D eigenvalue weighted by Gasteiger charge is 2.35. The second kappa shape index (κ2) is 7.85. The number of nitrogens with one attached hydrogen (secondary N) is 2. The fraction of sp³-hybridized carbons (Fsp3) is 0.375. The van der Waals surface area contributed by atoms with Crippen molar-refractivity contribution in [1.29, 1.82) is 0 Å². The van der Waals surface area contributed by atoms with E-state index >= 15 is 0 Å². The summed E-state index contributed by atoms with van der Waals surface area (Å²) in [5.74, 6) is 0.0568. The van der Waals surface area contributed by atoms with E-state index in [9.17, 15) is 4.79 Å². The fourth-order valence-corrected chi connectivity index (χ4v) is 5.15. The molecule has 0 saturated carbocycles. The zero-order valence-electron chi connectivity index (χ0n) is 16.9. The maximum absolute atomic E-state index is 13.5. The molecule has 2 fully saturated rings. The third-order valence-corrected chi connectivity index (χ3v) is 6.44. The van der Waals surface area contributed by atoms with E-state index < -0.39 is 0 Å². The number of hydrogen-bond donors (Lipinski definition) is 2. The second-order valence-electron chi connectivity index (χ2n) is 8.45. The Hall–Kier alpha value is -2.30. The minimum atomic E-state index is 0. The van der Waals surface area contributed by atoms with Gasteiger partial charge in [-0.25, -0.2) is 0 Å². The lowest BCUT2D eigenvalue weighted by Crippen LogP contribution is -2.48. The van der Waals surface area contributed by atoms with Crippen LogP contribution in [0.2, 0.25) is 0 Å². The van der Waals surface area contributed by atoms with Crippen LogP contribution in [0.4, 0.5) is 0 Å². The molecular weight excluding hydrogens is 382 g/mol. The molecule has 3 heterocycles. The number of carbonyl (C=O) groups is 1. The van der Waals surface area contributed by atoms with Crippen LogP contribution >= 0.6 is 12.4 Å². The molecule has 0 aliphatic carbocycles. The number of halogens is 1. The van der Waals surface area contributed by atoms with Crippen LogP contribution in [-0.4, -0.2) is 28.6 Å². The topological polar surface area (TPSA) is 46.1 Å². The number of benzene rings is 2. The molecule has 2 unspecified atom stereocenters. The first-order valence-electron chi connectivity index (χ1n) is 10.3. The van der Waals surface area contributed by atoms with Gasteiger partial charge in [0.15, 0.2) is 0 Å². The van der Waals surface area contributed by atoms with E-state index in [1.165, 1.54) is 18.4 Å². The number of rotatable bonds is 3. The SMILES string of the molecule is Cc1ccc2c(c1)c(C(=O)NC1CC3CCC(C1)N3)c(-c1ccccc1)n2C.Cl. The van der Waals surface area contributed by atoms with Crippen LogP contribution in [0.3, 0.4) is 0 Å². The Morgan fingerprint density at radius 1 is 1.07 bits per heavy atom. The minimum absolute atomic E-state index is 0. The highest BCUT2D eigenvalue weighted by Crippen LogP contribution is 2.34. The summed E-state index contributed by atoms with van der Waals surface area (Å²) in [6.45, 7) is 2.08. The van der Waals surface area contributed by atoms with Crippen LogP contribution in [0.5, 0.6) is 0 Å². The molecule has 2 N–H and O–H groups in total. The monoisotopic (exact) mass is 409 g/mol. The zero-order chi connectivity index (χ0) is 19.3. The first kappa shape index (κ1) is 20.0. The number of carbonyl (C=O) groups excluding carboxylic acids is 1. The molecule has 29 heavy (non-hydrogen) atoms. The fourth-order valence-electron chi connectivity index (χ4n) is 5.15. The van der Waals surface area contributed by atoms with Crippen LogP contribution in [0, 0.1) is 6.92 Å². The molecular formula is C24H28ClN3O. The number of piperidine rings is 1. The predicted octanol–water partition coefficient (Wildman–Crippen LogP) is 4.59. The van der Waals surface area contributed by atoms with Crippen molar-refractivity contribution < 1.29 is 4.79 Å². The lowest BCUT2D eigenvalue weighted by Gasteiger charge is -2.29. The van der Waals surface area contributed by atoms with Gasteiger partial charge >= 0.3 is 0 Å². The number of aromatic nitrogens is 1. The Kier molecular flexibility index (Phi) is 5.41. The van der Waals surface area contributed by atoms with Crippen molar-refractivity contribution in [2.45, 2.75) is 50.7 Å². The van der Waals surface area contributed by atoms with Crippen molar-refractivity contribution in [3.63, 3.8) is 0 Å². The molecule has 0 spiro atoms. The molecule has 4 nitrogen and oxygen atoms in total. The van der Waals surface area contributed by atoms with Crippen LogP contribution in [0.1, 0.15) is 41.6 Å². The summed E-state index contributed by atoms with van der Waals surface area (Å²) in [6, 6.07) is 18.0. The second-order valence-corrected chi connectivity index (χ2v) is 8.45. The van der Waals surface area contributed by atoms with Gasteiger partial charge in [-0.15, -0.1) is 12.4 Å². The molecule has 5 heteroatoms. The third-order valence-electron chi connectivity index (χ3n) is 6.44. The number of aryl methyl sites for hydroxylation is 2. The molecule has 2 saturated heterocycles. The molecule has 1 aromatic heterocycles. The smallest absolute Gasteiger partial charge is 0.254 e. The summed E-state index contributed by atoms with van der Waals surface area (Å²) in [5.41, 5.74) is 5.15. The third kappa shape index (κ3) is 3.56. The molecule has 0 radical (unpaired) electrons. The number of hydrogen-bond acceptors (Lipinski definition) is 2. The Morgan fingerprint density at radius 3 is 2.45 bits per heavy atom. The van der Waals surface area contributed by atoms with Crippen LogP contribution < -0.4 is 10.6 Å². The van der Waals surface area contributed by atoms with E-state index in [1.54, 1.807) is 0 Å². The van der Waals surface area contributed by atoms with E-state index in [4.69, 9.17) is 0 Å². The maximum Gasteiger partial charge on any atom is 0.254 e. The number of fused-ring (bicyclic) bond motifs is 3. The summed E-state index contributed by atoms with van der Waals surface area (Å²) in [7, 11) is 2.06. The molecule has 2 bridgehead atoms. The standard InChI is InChI=1S/C24H27N3O.ClH/c1-15-8-11-21-20(12-15)22(23(27(21)2)16-6-4-3-5-7-16)24(28)26-19-13-17-9-10-18(14-19)25-17;/h3-8,11-12,17-19,25H,9-10,13-14H2,1-2H3,(H,26,28);1H. The molecule has 2 atom stereocenters. The first-order chi connectivity index (χ1) is 13.6.